The number of nitrogens with zero attached hydrogens (tertiary/aromatic N) is 2. The third kappa shape index (κ3) is 3.66. The van der Waals surface area contributed by atoms with Crippen LogP contribution in [0.15, 0.2) is 45.2 Å². The topological polar surface area (TPSA) is 60.7 Å². The Hall–Kier alpha value is -1.77. The van der Waals surface area contributed by atoms with Crippen LogP contribution in [0.3, 0.4) is 0 Å². The summed E-state index contributed by atoms with van der Waals surface area (Å²) in [6.45, 7) is 2.10. The average Bonchev–Trinajstić information content (AvgIpc) is 3.12. The lowest BCUT2D eigenvalue weighted by atomic mass is 10.3. The maximum absolute atomic E-state index is 12.4. The van der Waals surface area contributed by atoms with Crippen LogP contribution >= 0.6 is 38.6 Å². The fourth-order valence-electron chi connectivity index (χ4n) is 2.17. The summed E-state index contributed by atoms with van der Waals surface area (Å²) in [7, 11) is 0. The molecule has 2 aromatic heterocycles. The van der Waals surface area contributed by atoms with E-state index in [-0.39, 0.29) is 18.4 Å². The molecule has 8 heteroatoms. The molecule has 1 aromatic carbocycles. The highest BCUT2D eigenvalue weighted by Gasteiger charge is 2.13. The first-order chi connectivity index (χ1) is 11.6. The second kappa shape index (κ2) is 7.42. The van der Waals surface area contributed by atoms with Gasteiger partial charge in [-0.15, -0.1) is 11.3 Å². The van der Waals surface area contributed by atoms with Gasteiger partial charge in [-0.3, -0.25) is 9.59 Å². The fourth-order valence-corrected chi connectivity index (χ4v) is 4.46. The van der Waals surface area contributed by atoms with Gasteiger partial charge in [0, 0.05) is 0 Å². The minimum absolute atomic E-state index is 0.0259. The van der Waals surface area contributed by atoms with Crippen LogP contribution in [0, 0.1) is 0 Å². The van der Waals surface area contributed by atoms with Crippen LogP contribution in [-0.2, 0) is 16.1 Å². The van der Waals surface area contributed by atoms with Crippen molar-refractivity contribution in [3.63, 3.8) is 0 Å². The van der Waals surface area contributed by atoms with E-state index in [1.165, 1.54) is 22.7 Å². The number of ether oxygens (including phenoxy) is 1. The molecule has 3 rings (SSSR count). The number of hydrogen-bond donors (Lipinski definition) is 0. The highest BCUT2D eigenvalue weighted by Crippen LogP contribution is 2.23. The normalized spacial score (nSPS) is 11.8. The second-order valence-corrected chi connectivity index (χ2v) is 8.24. The number of carbonyl (C=O) groups excluding carboxylic acids is 2. The summed E-state index contributed by atoms with van der Waals surface area (Å²) in [6, 6.07) is 11.2. The largest absolute Gasteiger partial charge is 0.465 e. The molecule has 0 radical (unpaired) electrons. The van der Waals surface area contributed by atoms with Gasteiger partial charge in [0.05, 0.1) is 25.5 Å². The van der Waals surface area contributed by atoms with Crippen LogP contribution in [0.25, 0.3) is 10.2 Å². The number of aromatic nitrogens is 1. The Morgan fingerprint density at radius 2 is 2.00 bits per heavy atom. The van der Waals surface area contributed by atoms with Crippen LogP contribution in [0.5, 0.6) is 0 Å². The molecule has 124 valence electrons. The zero-order chi connectivity index (χ0) is 17.1. The van der Waals surface area contributed by atoms with Gasteiger partial charge in [0.15, 0.2) is 4.80 Å². The lowest BCUT2D eigenvalue weighted by Crippen LogP contribution is -2.23. The van der Waals surface area contributed by atoms with E-state index in [2.05, 4.69) is 20.9 Å². The lowest BCUT2D eigenvalue weighted by Gasteiger charge is -2.04. The molecule has 0 fully saturated rings. The van der Waals surface area contributed by atoms with E-state index in [0.29, 0.717) is 16.3 Å². The minimum Gasteiger partial charge on any atom is -0.465 e. The Balaban J connectivity index is 2.07. The van der Waals surface area contributed by atoms with Gasteiger partial charge in [0.1, 0.15) is 6.54 Å². The molecule has 0 atom stereocenters. The van der Waals surface area contributed by atoms with Crippen molar-refractivity contribution < 1.29 is 14.3 Å². The SMILES string of the molecule is CCOC(=O)Cn1c(=NC(=O)c2ccc(Br)s2)sc2ccccc21. The molecule has 0 aliphatic rings. The van der Waals surface area contributed by atoms with Gasteiger partial charge in [-0.05, 0) is 47.1 Å². The molecular weight excluding hydrogens is 412 g/mol. The van der Waals surface area contributed by atoms with Gasteiger partial charge >= 0.3 is 5.97 Å². The molecule has 2 heterocycles. The number of rotatable bonds is 4. The van der Waals surface area contributed by atoms with Crippen molar-refractivity contribution in [1.82, 2.24) is 4.57 Å². The van der Waals surface area contributed by atoms with E-state index in [0.717, 1.165) is 14.0 Å². The van der Waals surface area contributed by atoms with Gasteiger partial charge in [-0.2, -0.15) is 4.99 Å². The number of hydrogen-bond acceptors (Lipinski definition) is 5. The summed E-state index contributed by atoms with van der Waals surface area (Å²) >= 11 is 6.04. The van der Waals surface area contributed by atoms with Crippen LogP contribution in [0.4, 0.5) is 0 Å². The molecule has 24 heavy (non-hydrogen) atoms. The van der Waals surface area contributed by atoms with Gasteiger partial charge in [-0.1, -0.05) is 23.5 Å². The lowest BCUT2D eigenvalue weighted by molar-refractivity contribution is -0.143. The maximum atomic E-state index is 12.4. The molecule has 0 bridgehead atoms. The molecule has 3 aromatic rings. The van der Waals surface area contributed by atoms with Crippen molar-refractivity contribution in [2.75, 3.05) is 6.61 Å². The summed E-state index contributed by atoms with van der Waals surface area (Å²) in [5, 5.41) is 0. The zero-order valence-electron chi connectivity index (χ0n) is 12.7. The van der Waals surface area contributed by atoms with Crippen LogP contribution in [0.2, 0.25) is 0 Å². The number of halogens is 1. The first-order valence-corrected chi connectivity index (χ1v) is 9.59. The highest BCUT2D eigenvalue weighted by atomic mass is 79.9. The minimum atomic E-state index is -0.353. The maximum Gasteiger partial charge on any atom is 0.326 e. The monoisotopic (exact) mass is 424 g/mol. The molecule has 0 aliphatic heterocycles. The summed E-state index contributed by atoms with van der Waals surface area (Å²) in [4.78, 5) is 29.5. The number of fused-ring (bicyclic) bond motifs is 1. The third-order valence-corrected chi connectivity index (χ3v) is 5.83. The molecular formula is C16H13BrN2O3S2. The number of amides is 1. The smallest absolute Gasteiger partial charge is 0.326 e. The summed E-state index contributed by atoms with van der Waals surface area (Å²) in [5.74, 6) is -0.677. The van der Waals surface area contributed by atoms with Crippen molar-refractivity contribution >= 4 is 60.7 Å². The van der Waals surface area contributed by atoms with E-state index >= 15 is 0 Å². The van der Waals surface area contributed by atoms with Crippen molar-refractivity contribution in [2.45, 2.75) is 13.5 Å². The van der Waals surface area contributed by atoms with E-state index < -0.39 is 0 Å². The fraction of sp³-hybridized carbons (Fsp3) is 0.188. The van der Waals surface area contributed by atoms with E-state index in [4.69, 9.17) is 4.74 Å². The second-order valence-electron chi connectivity index (χ2n) is 4.76. The quantitative estimate of drug-likeness (QED) is 0.597. The Bertz CT molecular complexity index is 971. The highest BCUT2D eigenvalue weighted by molar-refractivity contribution is 9.11. The van der Waals surface area contributed by atoms with Gasteiger partial charge in [0.2, 0.25) is 0 Å². The summed E-state index contributed by atoms with van der Waals surface area (Å²) in [5.41, 5.74) is 0.856. The standard InChI is InChI=1S/C16H13BrN2O3S2/c1-2-22-14(20)9-19-10-5-3-4-6-11(10)24-16(19)18-15(21)12-7-8-13(17)23-12/h3-8H,2,9H2,1H3. The summed E-state index contributed by atoms with van der Waals surface area (Å²) in [6.07, 6.45) is 0. The van der Waals surface area contributed by atoms with Gasteiger partial charge in [0.25, 0.3) is 5.91 Å². The van der Waals surface area contributed by atoms with Crippen molar-refractivity contribution in [2.24, 2.45) is 4.99 Å². The molecule has 1 amide bonds. The van der Waals surface area contributed by atoms with Crippen molar-refractivity contribution in [3.05, 3.63) is 49.9 Å². The molecule has 0 unspecified atom stereocenters. The Morgan fingerprint density at radius 1 is 1.21 bits per heavy atom. The molecule has 0 saturated carbocycles. The molecule has 0 saturated heterocycles. The van der Waals surface area contributed by atoms with Crippen LogP contribution in [0.1, 0.15) is 16.6 Å². The van der Waals surface area contributed by atoms with E-state index in [1.807, 2.05) is 30.3 Å². The molecule has 0 N–H and O–H groups in total. The van der Waals surface area contributed by atoms with Crippen molar-refractivity contribution in [3.8, 4) is 0 Å². The third-order valence-electron chi connectivity index (χ3n) is 3.16. The van der Waals surface area contributed by atoms with Crippen LogP contribution in [-0.4, -0.2) is 23.1 Å². The average molecular weight is 425 g/mol. The number of para-hydroxylation sites is 1. The van der Waals surface area contributed by atoms with E-state index in [1.54, 1.807) is 17.6 Å². The number of benzene rings is 1. The number of thiazole rings is 1. The van der Waals surface area contributed by atoms with Gasteiger partial charge < -0.3 is 9.30 Å². The molecule has 0 aliphatic carbocycles. The zero-order valence-corrected chi connectivity index (χ0v) is 15.9. The first-order valence-electron chi connectivity index (χ1n) is 7.17. The molecule has 0 spiro atoms. The summed E-state index contributed by atoms with van der Waals surface area (Å²) < 4.78 is 8.58. The Kier molecular flexibility index (Phi) is 5.27. The van der Waals surface area contributed by atoms with Crippen molar-refractivity contribution in [1.29, 1.82) is 0 Å². The Morgan fingerprint density at radius 3 is 2.71 bits per heavy atom. The Labute approximate surface area is 154 Å². The van der Waals surface area contributed by atoms with Crippen LogP contribution < -0.4 is 4.80 Å². The first kappa shape index (κ1) is 17.1. The predicted octanol–water partition coefficient (Wildman–Crippen LogP) is 3.83. The number of thiophene rings is 1. The number of carbonyl (C=O) groups is 2. The number of esters is 1. The predicted molar refractivity (Wildman–Crippen MR) is 98.4 cm³/mol. The van der Waals surface area contributed by atoms with Gasteiger partial charge in [-0.25, -0.2) is 0 Å². The molecule has 5 nitrogen and oxygen atoms in total. The van der Waals surface area contributed by atoms with E-state index in [9.17, 15) is 9.59 Å².